The largest absolute Gasteiger partial charge is 0.355 e. The Kier molecular flexibility index (Phi) is 27.7. The maximum Gasteiger partial charge on any atom is 0.355 e. The standard InChI is InChI=1S/C34H37F2N7O2.C32H32F2N6O2.C31H32ClFN6O2/c1-20(2)29-31(21(3)14-15-37-29)43-33-25(17-27(36)30(38-33)24-11-8-9-12-26(24)35)32(39-34(43)45)42-19-22(4)41(18-23(42)5)28(44)13-10-16-40(6)7;1-7-10-26(41)38-16-21(6)39(17-20(38)5)30-23-15-25(34)28(22-11-8-9-12-24(22)33)36-31(23)40(32(42)37-30)29-19(4)13-14-35-27(29)18(2)3;1-7-25(40)38-19(5)15-37(16-20(38)6)29-22-14-23(32)27(21-10-8-9-11-24(21)33)35-30(22)39(31(41)36-29)28-18(4)12-13-34-26(28)17(2)3/h8-9,11-12,14-15,17,20,22-23H,16,18-19H2,1-7H3;8-9,11-15,18,20-21H,16-17H2,1-6H3;7-14,17,19-20H,1,15-16H2,2-6H3. The molecule has 3 aliphatic heterocycles. The van der Waals surface area contributed by atoms with Gasteiger partial charge in [-0.25, -0.2) is 65.0 Å². The Labute approximate surface area is 744 Å². The zero-order chi connectivity index (χ0) is 92.5. The van der Waals surface area contributed by atoms with Crippen LogP contribution in [0.25, 0.3) is 83.9 Å². The van der Waals surface area contributed by atoms with Crippen molar-refractivity contribution in [3.05, 3.63) is 240 Å². The third kappa shape index (κ3) is 18.3. The zero-order valence-electron chi connectivity index (χ0n) is 74.8. The maximum absolute atomic E-state index is 15.9. The summed E-state index contributed by atoms with van der Waals surface area (Å²) in [6, 6.07) is 26.1. The minimum atomic E-state index is -0.751. The molecule has 12 heterocycles. The van der Waals surface area contributed by atoms with E-state index in [1.807, 2.05) is 144 Å². The van der Waals surface area contributed by atoms with Gasteiger partial charge >= 0.3 is 17.1 Å². The highest BCUT2D eigenvalue weighted by Crippen LogP contribution is 2.41. The molecule has 3 aromatic carbocycles. The van der Waals surface area contributed by atoms with Crippen molar-refractivity contribution in [3.63, 3.8) is 0 Å². The quantitative estimate of drug-likeness (QED) is 0.0557. The van der Waals surface area contributed by atoms with Gasteiger partial charge in [0, 0.05) is 111 Å². The fraction of sp³-hybridized carbons (Fsp3) is 0.351. The second-order valence-corrected chi connectivity index (χ2v) is 34.2. The third-order valence-corrected chi connectivity index (χ3v) is 23.4. The van der Waals surface area contributed by atoms with Crippen molar-refractivity contribution in [2.45, 2.75) is 165 Å². The first-order valence-electron chi connectivity index (χ1n) is 42.4. The molecule has 128 heavy (non-hydrogen) atoms. The predicted octanol–water partition coefficient (Wildman–Crippen LogP) is 15.2. The Morgan fingerprint density at radius 2 is 0.820 bits per heavy atom. The van der Waals surface area contributed by atoms with Gasteiger partial charge in [-0.2, -0.15) is 15.0 Å². The van der Waals surface area contributed by atoms with E-state index in [1.54, 1.807) is 88.7 Å². The van der Waals surface area contributed by atoms with E-state index >= 15 is 8.78 Å². The van der Waals surface area contributed by atoms with Crippen molar-refractivity contribution < 1.29 is 36.3 Å². The first-order valence-corrected chi connectivity index (χ1v) is 42.8. The lowest BCUT2D eigenvalue weighted by molar-refractivity contribution is -0.131. The van der Waals surface area contributed by atoms with Crippen molar-refractivity contribution in [1.29, 1.82) is 0 Å². The Bertz CT molecular complexity index is 6700. The smallest absolute Gasteiger partial charge is 0.352 e. The number of halogens is 6. The molecular weight excluding hydrogens is 1660 g/mol. The number of hydrogen-bond donors (Lipinski definition) is 0. The van der Waals surface area contributed by atoms with Crippen LogP contribution in [0.1, 0.15) is 142 Å². The molecule has 15 rings (SSSR count). The number of anilines is 3. The zero-order valence-corrected chi connectivity index (χ0v) is 75.5. The SMILES string of the molecule is C=CC(=O)N1C(C)CN(c2nc(=O)n(-c3c(C)ccnc3C(C)C)c3nc(-c4ccccc4F)c(Cl)cc23)CC1C.CC#CC(=O)N1CC(C)N(c2nc(=O)n(-c3c(C)ccnc3C(C)C)c3nc(-c4ccccc4F)c(F)cc23)CC1C.Cc1ccnc(C(C)C)c1-n1c(=O)nc(N2CC(C)N(C(=O)C#CCN(C)C)CC2C)c2cc(F)c(-c3ccccc3F)nc21. The van der Waals surface area contributed by atoms with E-state index < -0.39 is 46.2 Å². The molecule has 0 bridgehead atoms. The highest BCUT2D eigenvalue weighted by atomic mass is 35.5. The molecule has 0 aliphatic carbocycles. The molecule has 9 aromatic heterocycles. The number of carbonyl (C=O) groups excluding carboxylic acids is 3. The second-order valence-electron chi connectivity index (χ2n) is 33.8. The average Bonchev–Trinajstić information content (AvgIpc) is 0.741. The fourth-order valence-electron chi connectivity index (χ4n) is 16.9. The normalized spacial score (nSPS) is 17.0. The van der Waals surface area contributed by atoms with Crippen LogP contribution < -0.4 is 31.8 Å². The van der Waals surface area contributed by atoms with Gasteiger partial charge < -0.3 is 29.4 Å². The van der Waals surface area contributed by atoms with Gasteiger partial charge in [-0.3, -0.25) is 34.2 Å². The van der Waals surface area contributed by atoms with E-state index in [-0.39, 0.29) is 144 Å². The van der Waals surface area contributed by atoms with Crippen LogP contribution in [0.2, 0.25) is 5.02 Å². The molecule has 31 heteroatoms. The van der Waals surface area contributed by atoms with Gasteiger partial charge in [0.1, 0.15) is 57.9 Å². The van der Waals surface area contributed by atoms with Gasteiger partial charge in [0.15, 0.2) is 16.9 Å². The number of aryl methyl sites for hydroxylation is 3. The van der Waals surface area contributed by atoms with E-state index in [1.165, 1.54) is 74.4 Å². The Morgan fingerprint density at radius 3 is 1.18 bits per heavy atom. The van der Waals surface area contributed by atoms with E-state index in [0.29, 0.717) is 96.8 Å². The van der Waals surface area contributed by atoms with Crippen LogP contribution in [-0.4, -0.2) is 192 Å². The first kappa shape index (κ1) is 92.2. The molecule has 3 aliphatic rings. The monoisotopic (exact) mass is 1760 g/mol. The summed E-state index contributed by atoms with van der Waals surface area (Å²) in [5.41, 5.74) is 4.72. The highest BCUT2D eigenvalue weighted by molar-refractivity contribution is 6.34. The number of nitrogens with zero attached hydrogens (tertiary/aromatic N) is 19. The number of hydrogen-bond acceptors (Lipinski definition) is 19. The van der Waals surface area contributed by atoms with Gasteiger partial charge in [-0.05, 0) is 208 Å². The topological polar surface area (TPSA) is 256 Å². The van der Waals surface area contributed by atoms with E-state index in [2.05, 4.69) is 70.1 Å². The molecule has 0 N–H and O–H groups in total. The minimum Gasteiger partial charge on any atom is -0.352 e. The van der Waals surface area contributed by atoms with Gasteiger partial charge in [-0.1, -0.05) is 108 Å². The van der Waals surface area contributed by atoms with Crippen LogP contribution in [0.5, 0.6) is 0 Å². The number of amides is 3. The van der Waals surface area contributed by atoms with Crippen LogP contribution in [0, 0.1) is 73.5 Å². The van der Waals surface area contributed by atoms with Crippen molar-refractivity contribution in [1.82, 2.24) is 78.2 Å². The van der Waals surface area contributed by atoms with Crippen LogP contribution in [0.15, 0.2) is 155 Å². The molecule has 12 aromatic rings. The molecular formula is C97H101ClF5N19O6. The highest BCUT2D eigenvalue weighted by Gasteiger charge is 2.39. The van der Waals surface area contributed by atoms with E-state index in [9.17, 15) is 41.9 Å². The molecule has 25 nitrogen and oxygen atoms in total. The summed E-state index contributed by atoms with van der Waals surface area (Å²) < 4.78 is 80.7. The van der Waals surface area contributed by atoms with Crippen molar-refractivity contribution in [3.8, 4) is 74.5 Å². The maximum atomic E-state index is 15.9. The molecule has 3 fully saturated rings. The van der Waals surface area contributed by atoms with E-state index in [0.717, 1.165) is 16.7 Å². The predicted molar refractivity (Wildman–Crippen MR) is 490 cm³/mol. The van der Waals surface area contributed by atoms with Gasteiger partial charge in [0.2, 0.25) is 5.91 Å². The van der Waals surface area contributed by atoms with Crippen LogP contribution in [-0.2, 0) is 14.4 Å². The summed E-state index contributed by atoms with van der Waals surface area (Å²) in [4.78, 5) is 134. The Morgan fingerprint density at radius 1 is 0.469 bits per heavy atom. The number of carbonyl (C=O) groups is 3. The summed E-state index contributed by atoms with van der Waals surface area (Å²) in [5, 5.41) is 1.34. The summed E-state index contributed by atoms with van der Waals surface area (Å²) in [6.07, 6.45) is 6.38. The molecule has 6 unspecified atom stereocenters. The summed E-state index contributed by atoms with van der Waals surface area (Å²) in [7, 11) is 3.76. The number of rotatable bonds is 14. The number of pyridine rings is 6. The van der Waals surface area contributed by atoms with Crippen molar-refractivity contribution in [2.24, 2.45) is 0 Å². The lowest BCUT2D eigenvalue weighted by Crippen LogP contribution is -2.58. The Hall–Kier alpha value is -13.5. The average molecular weight is 1760 g/mol. The van der Waals surface area contributed by atoms with Crippen molar-refractivity contribution >= 4 is 79.9 Å². The van der Waals surface area contributed by atoms with E-state index in [4.69, 9.17) is 16.6 Å². The lowest BCUT2D eigenvalue weighted by Gasteiger charge is -2.44. The van der Waals surface area contributed by atoms with Gasteiger partial charge in [0.25, 0.3) is 11.8 Å². The number of piperazine rings is 3. The van der Waals surface area contributed by atoms with Gasteiger partial charge in [0.05, 0.1) is 67.6 Å². The van der Waals surface area contributed by atoms with Crippen LogP contribution >= 0.6 is 11.6 Å². The number of aromatic nitrogens is 12. The Balaban J connectivity index is 0.000000164. The summed E-state index contributed by atoms with van der Waals surface area (Å²) in [6.45, 7) is 36.9. The minimum absolute atomic E-state index is 0.00189. The fourth-order valence-corrected chi connectivity index (χ4v) is 17.2. The van der Waals surface area contributed by atoms with Gasteiger partial charge in [-0.15, -0.1) is 0 Å². The van der Waals surface area contributed by atoms with Crippen LogP contribution in [0.3, 0.4) is 0 Å². The lowest BCUT2D eigenvalue weighted by atomic mass is 10.0. The molecule has 0 spiro atoms. The molecule has 0 saturated carbocycles. The molecule has 0 radical (unpaired) electrons. The first-order chi connectivity index (χ1) is 60.9. The molecule has 3 saturated heterocycles. The number of benzene rings is 3. The number of fused-ring (bicyclic) bond motifs is 3. The summed E-state index contributed by atoms with van der Waals surface area (Å²) in [5.74, 6) is 7.70. The molecule has 662 valence electrons. The second kappa shape index (κ2) is 38.4. The third-order valence-electron chi connectivity index (χ3n) is 23.1. The molecule has 6 atom stereocenters. The van der Waals surface area contributed by atoms with Crippen molar-refractivity contribution in [2.75, 3.05) is 74.6 Å². The van der Waals surface area contributed by atoms with Crippen LogP contribution in [0.4, 0.5) is 39.4 Å². The molecule has 3 amide bonds. The summed E-state index contributed by atoms with van der Waals surface area (Å²) >= 11 is 6.77.